The Balaban J connectivity index is 1.75. The summed E-state index contributed by atoms with van der Waals surface area (Å²) in [5, 5.41) is 13.7. The maximum atomic E-state index is 11.9. The summed E-state index contributed by atoms with van der Waals surface area (Å²) in [6.45, 7) is 0. The zero-order valence-electron chi connectivity index (χ0n) is 15.4. The van der Waals surface area contributed by atoms with Gasteiger partial charge in [-0.1, -0.05) is 5.04 Å². The van der Waals surface area contributed by atoms with E-state index in [2.05, 4.69) is 14.4 Å². The number of carbonyl (C=O) groups excluding carboxylic acids is 1. The van der Waals surface area contributed by atoms with Crippen molar-refractivity contribution in [1.82, 2.24) is 9.97 Å². The smallest absolute Gasteiger partial charge is 0.248 e. The van der Waals surface area contributed by atoms with E-state index < -0.39 is 5.91 Å². The van der Waals surface area contributed by atoms with Crippen molar-refractivity contribution in [3.8, 4) is 22.5 Å². The maximum absolute atomic E-state index is 11.9. The fourth-order valence-electron chi connectivity index (χ4n) is 3.63. The predicted octanol–water partition coefficient (Wildman–Crippen LogP) is 3.79. The molecule has 0 aliphatic heterocycles. The van der Waals surface area contributed by atoms with Gasteiger partial charge in [0.15, 0.2) is 0 Å². The average molecular weight is 456 g/mol. The monoisotopic (exact) mass is 456 g/mol. The van der Waals surface area contributed by atoms with Crippen LogP contribution >= 0.6 is 24.1 Å². The van der Waals surface area contributed by atoms with Crippen molar-refractivity contribution >= 4 is 51.8 Å². The highest BCUT2D eigenvalue weighted by Gasteiger charge is 2.27. The molecule has 4 aromatic rings. The number of hydrogen-bond acceptors (Lipinski definition) is 11. The van der Waals surface area contributed by atoms with Crippen molar-refractivity contribution < 1.29 is 28.7 Å². The van der Waals surface area contributed by atoms with E-state index in [1.54, 1.807) is 30.3 Å². The summed E-state index contributed by atoms with van der Waals surface area (Å²) < 4.78 is 9.28. The molecule has 0 spiro atoms. The summed E-state index contributed by atoms with van der Waals surface area (Å²) in [4.78, 5) is 27.0. The van der Waals surface area contributed by atoms with Crippen LogP contribution in [0.3, 0.4) is 0 Å². The molecule has 1 aliphatic rings. The zero-order chi connectivity index (χ0) is 21.5. The van der Waals surface area contributed by atoms with Crippen molar-refractivity contribution in [2.75, 3.05) is 0 Å². The largest absolute Gasteiger partial charge is 0.366 e. The lowest BCUT2D eigenvalue weighted by atomic mass is 10.0. The molecule has 0 bridgehead atoms. The Kier molecular flexibility index (Phi) is 5.21. The molecule has 156 valence electrons. The molecule has 1 aromatic heterocycles. The van der Waals surface area contributed by atoms with Crippen LogP contribution in [0.4, 0.5) is 0 Å². The van der Waals surface area contributed by atoms with Gasteiger partial charge in [0, 0.05) is 31.9 Å². The molecule has 0 atom stereocenters. The number of primary amides is 1. The van der Waals surface area contributed by atoms with Crippen molar-refractivity contribution in [2.24, 2.45) is 11.6 Å². The summed E-state index contributed by atoms with van der Waals surface area (Å²) in [6.07, 6.45) is 0. The Morgan fingerprint density at radius 3 is 2.39 bits per heavy atom. The van der Waals surface area contributed by atoms with E-state index >= 15 is 0 Å². The van der Waals surface area contributed by atoms with Crippen molar-refractivity contribution in [2.45, 2.75) is 9.79 Å². The molecule has 1 aliphatic carbocycles. The molecule has 10 nitrogen and oxygen atoms in total. The number of aromatic nitrogens is 2. The van der Waals surface area contributed by atoms with Crippen LogP contribution in [0.1, 0.15) is 10.4 Å². The predicted molar refractivity (Wildman–Crippen MR) is 113 cm³/mol. The van der Waals surface area contributed by atoms with Gasteiger partial charge in [-0.25, -0.2) is 15.2 Å². The number of benzene rings is 3. The van der Waals surface area contributed by atoms with E-state index in [9.17, 15) is 4.79 Å². The minimum Gasteiger partial charge on any atom is -0.366 e. The first-order valence-corrected chi connectivity index (χ1v) is 10.2. The fourth-order valence-corrected chi connectivity index (χ4v) is 4.48. The average Bonchev–Trinajstić information content (AvgIpc) is 3.08. The second kappa shape index (κ2) is 8.03. The summed E-state index contributed by atoms with van der Waals surface area (Å²) >= 11 is 1.75. The number of rotatable bonds is 7. The van der Waals surface area contributed by atoms with E-state index in [-0.39, 0.29) is 0 Å². The van der Waals surface area contributed by atoms with Gasteiger partial charge in [-0.3, -0.25) is 4.79 Å². The van der Waals surface area contributed by atoms with Crippen LogP contribution in [-0.2, 0) is 18.7 Å². The van der Waals surface area contributed by atoms with Gasteiger partial charge in [0.25, 0.3) is 0 Å². The Bertz CT molecular complexity index is 1370. The van der Waals surface area contributed by atoms with Crippen molar-refractivity contribution in [3.63, 3.8) is 0 Å². The molecule has 0 saturated heterocycles. The molecule has 1 amide bonds. The first-order chi connectivity index (χ1) is 15.1. The number of carbonyl (C=O) groups is 1. The van der Waals surface area contributed by atoms with Crippen LogP contribution in [0.15, 0.2) is 52.3 Å². The van der Waals surface area contributed by atoms with Gasteiger partial charge < -0.3 is 5.73 Å². The lowest BCUT2D eigenvalue weighted by molar-refractivity contribution is -0.432. The molecule has 1 heterocycles. The SMILES string of the molecule is NOOSc1cc2c3c(cc(C(N)=O)cc3c1)-c1nc3ccc(SOOO)cc3nc1-2. The summed E-state index contributed by atoms with van der Waals surface area (Å²) in [5.74, 6) is 4.41. The lowest BCUT2D eigenvalue weighted by Gasteiger charge is -2.07. The molecule has 3 aromatic carbocycles. The van der Waals surface area contributed by atoms with E-state index in [1.165, 1.54) is 0 Å². The van der Waals surface area contributed by atoms with Crippen molar-refractivity contribution in [3.05, 3.63) is 48.0 Å². The second-order valence-corrected chi connectivity index (χ2v) is 8.05. The highest BCUT2D eigenvalue weighted by molar-refractivity contribution is 7.94. The van der Waals surface area contributed by atoms with Crippen LogP contribution in [0.25, 0.3) is 44.3 Å². The zero-order valence-corrected chi connectivity index (χ0v) is 17.0. The van der Waals surface area contributed by atoms with E-state index in [4.69, 9.17) is 31.2 Å². The quantitative estimate of drug-likeness (QED) is 0.186. The third-order valence-electron chi connectivity index (χ3n) is 4.78. The number of amides is 1. The van der Waals surface area contributed by atoms with Crippen LogP contribution < -0.4 is 11.6 Å². The molecule has 0 radical (unpaired) electrons. The van der Waals surface area contributed by atoms with Gasteiger partial charge in [-0.2, -0.15) is 5.90 Å². The molecule has 5 rings (SSSR count). The minimum atomic E-state index is -0.547. The van der Waals surface area contributed by atoms with Gasteiger partial charge in [0.05, 0.1) is 46.5 Å². The van der Waals surface area contributed by atoms with Crippen LogP contribution in [0.5, 0.6) is 0 Å². The summed E-state index contributed by atoms with van der Waals surface area (Å²) in [7, 11) is 0. The molecule has 12 heteroatoms. The standard InChI is InChI=1S/C19H12N4O6S2/c20-19(24)9-3-8-4-11(31-28-26-21)6-13-16(8)12(5-9)17-18(13)23-15-7-10(30-29-27-25)1-2-14(15)22-17/h1-7,25H,21H2,(H2,20,24). The van der Waals surface area contributed by atoms with Gasteiger partial charge in [-0.05, 0) is 47.9 Å². The van der Waals surface area contributed by atoms with Crippen molar-refractivity contribution in [1.29, 1.82) is 0 Å². The first kappa shape index (κ1) is 20.1. The first-order valence-electron chi connectivity index (χ1n) is 8.68. The van der Waals surface area contributed by atoms with Gasteiger partial charge >= 0.3 is 0 Å². The van der Waals surface area contributed by atoms with E-state index in [1.807, 2.05) is 12.1 Å². The summed E-state index contributed by atoms with van der Waals surface area (Å²) in [5.41, 5.74) is 10.0. The maximum Gasteiger partial charge on any atom is 0.248 e. The van der Waals surface area contributed by atoms with Gasteiger partial charge in [0.2, 0.25) is 5.91 Å². The molecular weight excluding hydrogens is 444 g/mol. The Morgan fingerprint density at radius 1 is 0.903 bits per heavy atom. The molecule has 5 N–H and O–H groups in total. The lowest BCUT2D eigenvalue weighted by Crippen LogP contribution is -2.10. The van der Waals surface area contributed by atoms with Crippen LogP contribution in [-0.4, -0.2) is 21.1 Å². The molecule has 0 fully saturated rings. The van der Waals surface area contributed by atoms with E-state index in [0.717, 1.165) is 46.0 Å². The molecule has 0 saturated carbocycles. The molecule has 31 heavy (non-hydrogen) atoms. The van der Waals surface area contributed by atoms with Crippen LogP contribution in [0, 0.1) is 0 Å². The Morgan fingerprint density at radius 2 is 1.65 bits per heavy atom. The number of nitrogens with two attached hydrogens (primary N) is 2. The Labute approximate surface area is 182 Å². The highest BCUT2D eigenvalue weighted by Crippen LogP contribution is 2.48. The van der Waals surface area contributed by atoms with E-state index in [0.29, 0.717) is 37.8 Å². The third-order valence-corrected chi connectivity index (χ3v) is 5.93. The normalized spacial score (nSPS) is 11.9. The minimum absolute atomic E-state index is 0.356. The number of nitrogens with zero attached hydrogens (tertiary/aromatic N) is 2. The fraction of sp³-hybridized carbons (Fsp3) is 0. The van der Waals surface area contributed by atoms with Crippen LogP contribution in [0.2, 0.25) is 0 Å². The topological polar surface area (TPSA) is 152 Å². The second-order valence-electron chi connectivity index (χ2n) is 6.50. The molecular formula is C19H12N4O6S2. The van der Waals surface area contributed by atoms with Gasteiger partial charge in [-0.15, -0.1) is 13.7 Å². The summed E-state index contributed by atoms with van der Waals surface area (Å²) in [6, 6.07) is 12.4. The van der Waals surface area contributed by atoms with Gasteiger partial charge in [0.1, 0.15) is 0 Å². The number of hydrogen-bond donors (Lipinski definition) is 3. The Hall–Kier alpha value is -2.81. The molecule has 0 unspecified atom stereocenters. The number of fused-ring (bicyclic) bond motifs is 4. The third kappa shape index (κ3) is 3.50. The highest BCUT2D eigenvalue weighted by atomic mass is 32.2.